The maximum absolute atomic E-state index is 12.2. The lowest BCUT2D eigenvalue weighted by atomic mass is 10.2. The SMILES string of the molecule is Cc1ccc(CNS(=O)(=O)c2ccc3c(c2)CCN3)o1. The van der Waals surface area contributed by atoms with Gasteiger partial charge in [-0.2, -0.15) is 0 Å². The molecule has 2 N–H and O–H groups in total. The van der Waals surface area contributed by atoms with Crippen molar-refractivity contribution in [1.82, 2.24) is 4.72 Å². The Kier molecular flexibility index (Phi) is 3.27. The second-order valence-corrected chi connectivity index (χ2v) is 6.60. The van der Waals surface area contributed by atoms with Gasteiger partial charge in [-0.05, 0) is 49.2 Å². The summed E-state index contributed by atoms with van der Waals surface area (Å²) in [5, 5.41) is 3.21. The highest BCUT2D eigenvalue weighted by Gasteiger charge is 2.18. The van der Waals surface area contributed by atoms with E-state index in [4.69, 9.17) is 4.42 Å². The lowest BCUT2D eigenvalue weighted by molar-refractivity contribution is 0.475. The van der Waals surface area contributed by atoms with Crippen molar-refractivity contribution in [2.75, 3.05) is 11.9 Å². The number of benzene rings is 1. The van der Waals surface area contributed by atoms with Gasteiger partial charge in [0, 0.05) is 12.2 Å². The Morgan fingerprint density at radius 2 is 2.15 bits per heavy atom. The zero-order valence-electron chi connectivity index (χ0n) is 11.1. The first kappa shape index (κ1) is 13.2. The van der Waals surface area contributed by atoms with E-state index in [9.17, 15) is 8.42 Å². The number of anilines is 1. The molecule has 0 saturated carbocycles. The predicted octanol–water partition coefficient (Wildman–Crippen LogP) is 2.03. The van der Waals surface area contributed by atoms with E-state index in [1.165, 1.54) is 0 Å². The molecule has 0 spiro atoms. The monoisotopic (exact) mass is 292 g/mol. The van der Waals surface area contributed by atoms with Gasteiger partial charge in [-0.1, -0.05) is 0 Å². The Hall–Kier alpha value is -1.79. The molecule has 0 amide bonds. The minimum Gasteiger partial charge on any atom is -0.465 e. The van der Waals surface area contributed by atoms with Crippen molar-refractivity contribution in [1.29, 1.82) is 0 Å². The predicted molar refractivity (Wildman–Crippen MR) is 76.1 cm³/mol. The van der Waals surface area contributed by atoms with Crippen LogP contribution >= 0.6 is 0 Å². The van der Waals surface area contributed by atoms with Gasteiger partial charge in [-0.3, -0.25) is 0 Å². The molecule has 2 heterocycles. The molecule has 0 fully saturated rings. The van der Waals surface area contributed by atoms with Crippen LogP contribution in [0.25, 0.3) is 0 Å². The third kappa shape index (κ3) is 2.57. The van der Waals surface area contributed by atoms with E-state index >= 15 is 0 Å². The van der Waals surface area contributed by atoms with Crippen LogP contribution in [0.1, 0.15) is 17.1 Å². The van der Waals surface area contributed by atoms with Crippen molar-refractivity contribution in [3.05, 3.63) is 47.4 Å². The molecule has 0 aliphatic carbocycles. The standard InChI is InChI=1S/C14H16N2O3S/c1-10-2-3-12(19-10)9-16-20(17,18)13-4-5-14-11(8-13)6-7-15-14/h2-5,8,15-16H,6-7,9H2,1H3. The molecule has 2 aromatic rings. The molecular weight excluding hydrogens is 276 g/mol. The Bertz CT molecular complexity index is 735. The van der Waals surface area contributed by atoms with Gasteiger partial charge in [0.2, 0.25) is 10.0 Å². The Morgan fingerprint density at radius 3 is 2.90 bits per heavy atom. The third-order valence-electron chi connectivity index (χ3n) is 3.33. The molecule has 0 radical (unpaired) electrons. The van der Waals surface area contributed by atoms with Crippen molar-refractivity contribution in [2.24, 2.45) is 0 Å². The summed E-state index contributed by atoms with van der Waals surface area (Å²) < 4.78 is 32.4. The van der Waals surface area contributed by atoms with Gasteiger partial charge in [-0.25, -0.2) is 13.1 Å². The lowest BCUT2D eigenvalue weighted by Gasteiger charge is -2.07. The highest BCUT2D eigenvalue weighted by atomic mass is 32.2. The number of aryl methyl sites for hydroxylation is 1. The molecule has 1 aromatic heterocycles. The van der Waals surface area contributed by atoms with Gasteiger partial charge >= 0.3 is 0 Å². The van der Waals surface area contributed by atoms with Crippen LogP contribution < -0.4 is 10.0 Å². The summed E-state index contributed by atoms with van der Waals surface area (Å²) in [6.07, 6.45) is 0.857. The largest absolute Gasteiger partial charge is 0.465 e. The second-order valence-electron chi connectivity index (χ2n) is 4.83. The van der Waals surface area contributed by atoms with E-state index < -0.39 is 10.0 Å². The van der Waals surface area contributed by atoms with Crippen LogP contribution in [0.15, 0.2) is 39.6 Å². The van der Waals surface area contributed by atoms with Crippen LogP contribution in [0, 0.1) is 6.92 Å². The summed E-state index contributed by atoms with van der Waals surface area (Å²) in [6, 6.07) is 8.74. The van der Waals surface area contributed by atoms with E-state index in [1.54, 1.807) is 18.2 Å². The molecular formula is C14H16N2O3S. The summed E-state index contributed by atoms with van der Waals surface area (Å²) in [4.78, 5) is 0.295. The molecule has 0 saturated heterocycles. The van der Waals surface area contributed by atoms with Crippen LogP contribution in [0.4, 0.5) is 5.69 Å². The number of hydrogen-bond donors (Lipinski definition) is 2. The quantitative estimate of drug-likeness (QED) is 0.904. The molecule has 0 atom stereocenters. The number of hydrogen-bond acceptors (Lipinski definition) is 4. The maximum Gasteiger partial charge on any atom is 0.240 e. The number of nitrogens with one attached hydrogen (secondary N) is 2. The minimum atomic E-state index is -3.51. The number of rotatable bonds is 4. The second kappa shape index (κ2) is 4.96. The minimum absolute atomic E-state index is 0.158. The average molecular weight is 292 g/mol. The summed E-state index contributed by atoms with van der Waals surface area (Å²) in [6.45, 7) is 2.84. The molecule has 0 unspecified atom stereocenters. The number of furan rings is 1. The van der Waals surface area contributed by atoms with Gasteiger partial charge < -0.3 is 9.73 Å². The molecule has 106 valence electrons. The Balaban J connectivity index is 1.78. The molecule has 5 nitrogen and oxygen atoms in total. The molecule has 1 aliphatic rings. The lowest BCUT2D eigenvalue weighted by Crippen LogP contribution is -2.23. The maximum atomic E-state index is 12.2. The van der Waals surface area contributed by atoms with E-state index in [1.807, 2.05) is 19.1 Å². The van der Waals surface area contributed by atoms with Crippen molar-refractivity contribution in [2.45, 2.75) is 24.8 Å². The van der Waals surface area contributed by atoms with Crippen LogP contribution in [0.5, 0.6) is 0 Å². The molecule has 0 bridgehead atoms. The van der Waals surface area contributed by atoms with E-state index in [-0.39, 0.29) is 6.54 Å². The van der Waals surface area contributed by atoms with Gasteiger partial charge in [-0.15, -0.1) is 0 Å². The van der Waals surface area contributed by atoms with Crippen LogP contribution in [-0.4, -0.2) is 15.0 Å². The molecule has 6 heteroatoms. The van der Waals surface area contributed by atoms with E-state index in [0.717, 1.165) is 30.0 Å². The highest BCUT2D eigenvalue weighted by Crippen LogP contribution is 2.25. The smallest absolute Gasteiger partial charge is 0.240 e. The Labute approximate surface area is 118 Å². The fraction of sp³-hybridized carbons (Fsp3) is 0.286. The summed E-state index contributed by atoms with van der Waals surface area (Å²) in [5.41, 5.74) is 2.06. The van der Waals surface area contributed by atoms with Crippen LogP contribution in [0.2, 0.25) is 0 Å². The zero-order chi connectivity index (χ0) is 14.2. The topological polar surface area (TPSA) is 71.3 Å². The fourth-order valence-corrected chi connectivity index (χ4v) is 3.32. The first-order valence-corrected chi connectivity index (χ1v) is 7.95. The van der Waals surface area contributed by atoms with Crippen molar-refractivity contribution < 1.29 is 12.8 Å². The van der Waals surface area contributed by atoms with E-state index in [0.29, 0.717) is 10.7 Å². The summed E-state index contributed by atoms with van der Waals surface area (Å²) >= 11 is 0. The van der Waals surface area contributed by atoms with E-state index in [2.05, 4.69) is 10.0 Å². The van der Waals surface area contributed by atoms with Gasteiger partial charge in [0.05, 0.1) is 11.4 Å². The van der Waals surface area contributed by atoms with Crippen molar-refractivity contribution >= 4 is 15.7 Å². The molecule has 3 rings (SSSR count). The Morgan fingerprint density at radius 1 is 1.30 bits per heavy atom. The third-order valence-corrected chi connectivity index (χ3v) is 4.73. The van der Waals surface area contributed by atoms with Crippen molar-refractivity contribution in [3.63, 3.8) is 0 Å². The van der Waals surface area contributed by atoms with Gasteiger partial charge in [0.15, 0.2) is 0 Å². The van der Waals surface area contributed by atoms with Crippen molar-refractivity contribution in [3.8, 4) is 0 Å². The molecule has 20 heavy (non-hydrogen) atoms. The number of fused-ring (bicyclic) bond motifs is 1. The number of sulfonamides is 1. The fourth-order valence-electron chi connectivity index (χ4n) is 2.28. The van der Waals surface area contributed by atoms with Crippen LogP contribution in [-0.2, 0) is 23.0 Å². The molecule has 1 aliphatic heterocycles. The normalized spacial score (nSPS) is 14.1. The summed E-state index contributed by atoms with van der Waals surface area (Å²) in [5.74, 6) is 1.37. The van der Waals surface area contributed by atoms with Gasteiger partial charge in [0.1, 0.15) is 11.5 Å². The summed E-state index contributed by atoms with van der Waals surface area (Å²) in [7, 11) is -3.51. The van der Waals surface area contributed by atoms with Gasteiger partial charge in [0.25, 0.3) is 0 Å². The highest BCUT2D eigenvalue weighted by molar-refractivity contribution is 7.89. The first-order valence-electron chi connectivity index (χ1n) is 6.46. The average Bonchev–Trinajstić information content (AvgIpc) is 3.04. The molecule has 1 aromatic carbocycles. The first-order chi connectivity index (χ1) is 9.54. The zero-order valence-corrected chi connectivity index (χ0v) is 12.0. The van der Waals surface area contributed by atoms with Crippen LogP contribution in [0.3, 0.4) is 0 Å².